The highest BCUT2D eigenvalue weighted by Crippen LogP contribution is 2.24. The fraction of sp³-hybridized carbons (Fsp3) is 0.286. The van der Waals surface area contributed by atoms with Crippen LogP contribution in [0.1, 0.15) is 43.0 Å². The van der Waals surface area contributed by atoms with Crippen LogP contribution < -0.4 is 5.32 Å². The highest BCUT2D eigenvalue weighted by molar-refractivity contribution is 5.96. The molecule has 0 radical (unpaired) electrons. The number of para-hydroxylation sites is 1. The van der Waals surface area contributed by atoms with Gasteiger partial charge in [-0.1, -0.05) is 37.6 Å². The van der Waals surface area contributed by atoms with E-state index < -0.39 is 0 Å². The predicted octanol–water partition coefficient (Wildman–Crippen LogP) is 4.27. The Labute approximate surface area is 154 Å². The number of benzene rings is 1. The van der Waals surface area contributed by atoms with Crippen LogP contribution in [0.5, 0.6) is 0 Å². The summed E-state index contributed by atoms with van der Waals surface area (Å²) < 4.78 is 1.93. The van der Waals surface area contributed by atoms with Crippen LogP contribution in [0.2, 0.25) is 0 Å². The Kier molecular flexibility index (Phi) is 5.46. The molecule has 2 aromatic heterocycles. The molecule has 134 valence electrons. The summed E-state index contributed by atoms with van der Waals surface area (Å²) in [6.07, 6.45) is 6.99. The minimum Gasteiger partial charge on any atom is -0.323 e. The van der Waals surface area contributed by atoms with E-state index in [9.17, 15) is 4.79 Å². The molecule has 0 saturated carbocycles. The predicted molar refractivity (Wildman–Crippen MR) is 104 cm³/mol. The molecule has 26 heavy (non-hydrogen) atoms. The summed E-state index contributed by atoms with van der Waals surface area (Å²) in [6.45, 7) is 6.08. The molecule has 0 aliphatic carbocycles. The molecule has 0 bridgehead atoms. The number of amides is 1. The van der Waals surface area contributed by atoms with Gasteiger partial charge in [-0.2, -0.15) is 5.10 Å². The third-order valence-corrected chi connectivity index (χ3v) is 4.53. The molecule has 0 unspecified atom stereocenters. The largest absolute Gasteiger partial charge is 0.323 e. The van der Waals surface area contributed by atoms with Gasteiger partial charge in [0.15, 0.2) is 0 Å². The lowest BCUT2D eigenvalue weighted by Gasteiger charge is -2.14. The summed E-state index contributed by atoms with van der Waals surface area (Å²) in [5.74, 6) is -0.334. The van der Waals surface area contributed by atoms with Crippen molar-refractivity contribution < 1.29 is 4.79 Å². The highest BCUT2D eigenvalue weighted by Gasteiger charge is 2.19. The molecule has 1 amide bonds. The standard InChI is InChI=1S/C21H24N4O/c1-4-8-20-18(14-23-25(20)19-11-6-5-9-15(19)2)24-21(26)16(3)17-10-7-12-22-13-17/h5-7,9-14,16H,4,8H2,1-3H3,(H,24,26)/t16-/m0/s1. The second-order valence-electron chi connectivity index (χ2n) is 6.45. The Hall–Kier alpha value is -2.95. The third kappa shape index (κ3) is 3.67. The number of carbonyl (C=O) groups is 1. The van der Waals surface area contributed by atoms with Gasteiger partial charge in [0.1, 0.15) is 0 Å². The quantitative estimate of drug-likeness (QED) is 0.724. The van der Waals surface area contributed by atoms with Gasteiger partial charge in [-0.25, -0.2) is 4.68 Å². The highest BCUT2D eigenvalue weighted by atomic mass is 16.1. The lowest BCUT2D eigenvalue weighted by molar-refractivity contribution is -0.117. The first-order chi connectivity index (χ1) is 12.6. The Balaban J connectivity index is 1.89. The van der Waals surface area contributed by atoms with Crippen molar-refractivity contribution in [1.29, 1.82) is 0 Å². The van der Waals surface area contributed by atoms with Crippen LogP contribution in [0.4, 0.5) is 5.69 Å². The maximum Gasteiger partial charge on any atom is 0.231 e. The molecule has 1 N–H and O–H groups in total. The minimum absolute atomic E-state index is 0.0558. The fourth-order valence-electron chi connectivity index (χ4n) is 2.99. The average molecular weight is 348 g/mol. The first-order valence-corrected chi connectivity index (χ1v) is 8.95. The van der Waals surface area contributed by atoms with E-state index in [1.807, 2.05) is 41.9 Å². The maximum atomic E-state index is 12.7. The van der Waals surface area contributed by atoms with Crippen molar-refractivity contribution in [3.05, 3.63) is 71.8 Å². The van der Waals surface area contributed by atoms with Crippen molar-refractivity contribution >= 4 is 11.6 Å². The monoisotopic (exact) mass is 348 g/mol. The van der Waals surface area contributed by atoms with Crippen LogP contribution in [0.3, 0.4) is 0 Å². The van der Waals surface area contributed by atoms with Crippen LogP contribution >= 0.6 is 0 Å². The van der Waals surface area contributed by atoms with Gasteiger partial charge in [0, 0.05) is 12.4 Å². The van der Waals surface area contributed by atoms with E-state index in [4.69, 9.17) is 0 Å². The molecule has 0 fully saturated rings. The van der Waals surface area contributed by atoms with Crippen LogP contribution in [0.25, 0.3) is 5.69 Å². The van der Waals surface area contributed by atoms with E-state index in [1.165, 1.54) is 0 Å². The summed E-state index contributed by atoms with van der Waals surface area (Å²) in [7, 11) is 0. The lowest BCUT2D eigenvalue weighted by atomic mass is 10.0. The summed E-state index contributed by atoms with van der Waals surface area (Å²) in [4.78, 5) is 16.8. The van der Waals surface area contributed by atoms with Crippen molar-refractivity contribution in [2.45, 2.75) is 39.5 Å². The van der Waals surface area contributed by atoms with E-state index in [0.717, 1.165) is 41.0 Å². The third-order valence-electron chi connectivity index (χ3n) is 4.53. The number of hydrogen-bond donors (Lipinski definition) is 1. The van der Waals surface area contributed by atoms with Crippen molar-refractivity contribution in [2.24, 2.45) is 0 Å². The van der Waals surface area contributed by atoms with Gasteiger partial charge in [-0.3, -0.25) is 9.78 Å². The van der Waals surface area contributed by atoms with E-state index in [-0.39, 0.29) is 11.8 Å². The molecule has 2 heterocycles. The smallest absolute Gasteiger partial charge is 0.231 e. The fourth-order valence-corrected chi connectivity index (χ4v) is 2.99. The first-order valence-electron chi connectivity index (χ1n) is 8.95. The number of aromatic nitrogens is 3. The Morgan fingerprint density at radius 3 is 2.69 bits per heavy atom. The maximum absolute atomic E-state index is 12.7. The molecular formula is C21H24N4O. The number of pyridine rings is 1. The number of carbonyl (C=O) groups excluding carboxylic acids is 1. The van der Waals surface area contributed by atoms with Gasteiger partial charge in [-0.05, 0) is 43.5 Å². The second-order valence-corrected chi connectivity index (χ2v) is 6.45. The number of nitrogens with zero attached hydrogens (tertiary/aromatic N) is 3. The van der Waals surface area contributed by atoms with Crippen molar-refractivity contribution in [2.75, 3.05) is 5.32 Å². The molecule has 0 aliphatic heterocycles. The summed E-state index contributed by atoms with van der Waals surface area (Å²) >= 11 is 0. The Morgan fingerprint density at radius 1 is 1.19 bits per heavy atom. The number of aryl methyl sites for hydroxylation is 1. The first kappa shape index (κ1) is 17.9. The SMILES string of the molecule is CCCc1c(NC(=O)[C@@H](C)c2cccnc2)cnn1-c1ccccc1C. The van der Waals surface area contributed by atoms with E-state index in [1.54, 1.807) is 18.6 Å². The molecule has 3 rings (SSSR count). The second kappa shape index (κ2) is 7.95. The molecule has 3 aromatic rings. The molecule has 0 spiro atoms. The minimum atomic E-state index is -0.278. The number of hydrogen-bond acceptors (Lipinski definition) is 3. The van der Waals surface area contributed by atoms with E-state index >= 15 is 0 Å². The van der Waals surface area contributed by atoms with Crippen molar-refractivity contribution in [3.8, 4) is 5.69 Å². The van der Waals surface area contributed by atoms with Crippen LogP contribution in [-0.4, -0.2) is 20.7 Å². The van der Waals surface area contributed by atoms with Crippen LogP contribution in [-0.2, 0) is 11.2 Å². The van der Waals surface area contributed by atoms with E-state index in [2.05, 4.69) is 35.3 Å². The molecule has 0 saturated heterocycles. The van der Waals surface area contributed by atoms with Crippen molar-refractivity contribution in [3.63, 3.8) is 0 Å². The van der Waals surface area contributed by atoms with Crippen LogP contribution in [0, 0.1) is 6.92 Å². The van der Waals surface area contributed by atoms with Crippen LogP contribution in [0.15, 0.2) is 55.0 Å². The number of rotatable bonds is 6. The average Bonchev–Trinajstić information content (AvgIpc) is 3.05. The van der Waals surface area contributed by atoms with Gasteiger partial charge >= 0.3 is 0 Å². The number of anilines is 1. The number of nitrogens with one attached hydrogen (secondary N) is 1. The Morgan fingerprint density at radius 2 is 2.00 bits per heavy atom. The Bertz CT molecular complexity index is 886. The van der Waals surface area contributed by atoms with E-state index in [0.29, 0.717) is 0 Å². The topological polar surface area (TPSA) is 59.8 Å². The van der Waals surface area contributed by atoms with Gasteiger partial charge in [0.05, 0.1) is 29.2 Å². The van der Waals surface area contributed by atoms with Gasteiger partial charge < -0.3 is 5.32 Å². The van der Waals surface area contributed by atoms with Gasteiger partial charge in [-0.15, -0.1) is 0 Å². The molecule has 0 aliphatic rings. The lowest BCUT2D eigenvalue weighted by Crippen LogP contribution is -2.19. The molecular weight excluding hydrogens is 324 g/mol. The molecule has 1 aromatic carbocycles. The molecule has 5 nitrogen and oxygen atoms in total. The zero-order chi connectivity index (χ0) is 18.5. The zero-order valence-electron chi connectivity index (χ0n) is 15.4. The summed E-state index contributed by atoms with van der Waals surface area (Å²) in [5, 5.41) is 7.59. The summed E-state index contributed by atoms with van der Waals surface area (Å²) in [5.41, 5.74) is 4.88. The molecule has 1 atom stereocenters. The summed E-state index contributed by atoms with van der Waals surface area (Å²) in [6, 6.07) is 11.9. The van der Waals surface area contributed by atoms with Gasteiger partial charge in [0.25, 0.3) is 0 Å². The molecule has 5 heteroatoms. The van der Waals surface area contributed by atoms with Gasteiger partial charge in [0.2, 0.25) is 5.91 Å². The zero-order valence-corrected chi connectivity index (χ0v) is 15.4. The van der Waals surface area contributed by atoms with Crippen molar-refractivity contribution in [1.82, 2.24) is 14.8 Å². The normalized spacial score (nSPS) is 12.0.